The Balaban J connectivity index is 0.00000146. The van der Waals surface area contributed by atoms with Crippen LogP contribution in [-0.4, -0.2) is 43.7 Å². The summed E-state index contributed by atoms with van der Waals surface area (Å²) < 4.78 is 6.73. The number of Topliss-reactive ketones (excluding diaryl/α,β-unsaturated/α-hetero) is 1. The first-order valence-electron chi connectivity index (χ1n) is 8.46. The predicted molar refractivity (Wildman–Crippen MR) is 100 cm³/mol. The zero-order valence-corrected chi connectivity index (χ0v) is 16.7. The molecule has 0 spiro atoms. The Labute approximate surface area is 153 Å². The SMILES string of the molecule is CC.CC.CO/C(C)=c1\c(C(=O)C(=O)O)c[nH]\c1=C(\C)n1cnc(C)n1. The van der Waals surface area contributed by atoms with Gasteiger partial charge in [-0.25, -0.2) is 14.5 Å². The second kappa shape index (κ2) is 10.9. The van der Waals surface area contributed by atoms with E-state index >= 15 is 0 Å². The molecule has 2 aromatic rings. The van der Waals surface area contributed by atoms with E-state index in [-0.39, 0.29) is 5.56 Å². The number of aryl methyl sites for hydroxylation is 1. The number of carboxylic acids is 1. The van der Waals surface area contributed by atoms with Crippen molar-refractivity contribution in [1.29, 1.82) is 0 Å². The molecule has 0 aliphatic rings. The van der Waals surface area contributed by atoms with Crippen LogP contribution in [0.3, 0.4) is 0 Å². The van der Waals surface area contributed by atoms with Gasteiger partial charge in [0.1, 0.15) is 17.9 Å². The molecule has 8 nitrogen and oxygen atoms in total. The summed E-state index contributed by atoms with van der Waals surface area (Å²) in [6, 6.07) is 0. The Morgan fingerprint density at radius 2 is 1.77 bits per heavy atom. The number of methoxy groups -OCH3 is 1. The van der Waals surface area contributed by atoms with Gasteiger partial charge in [0, 0.05) is 6.20 Å². The van der Waals surface area contributed by atoms with Gasteiger partial charge in [0.2, 0.25) is 0 Å². The van der Waals surface area contributed by atoms with E-state index in [1.54, 1.807) is 25.5 Å². The number of hydrogen-bond acceptors (Lipinski definition) is 5. The van der Waals surface area contributed by atoms with Crippen molar-refractivity contribution >= 4 is 23.2 Å². The molecule has 0 radical (unpaired) electrons. The van der Waals surface area contributed by atoms with Crippen molar-refractivity contribution in [3.8, 4) is 0 Å². The van der Waals surface area contributed by atoms with Crippen LogP contribution < -0.4 is 10.6 Å². The Morgan fingerprint density at radius 3 is 2.19 bits per heavy atom. The number of H-pyrrole nitrogens is 1. The van der Waals surface area contributed by atoms with Gasteiger partial charge in [0.05, 0.1) is 28.9 Å². The summed E-state index contributed by atoms with van der Waals surface area (Å²) >= 11 is 0. The lowest BCUT2D eigenvalue weighted by molar-refractivity contribution is -0.131. The number of nitrogens with one attached hydrogen (secondary N) is 1. The number of ether oxygens (including phenoxy) is 1. The van der Waals surface area contributed by atoms with E-state index in [0.29, 0.717) is 27.8 Å². The third-order valence-electron chi connectivity index (χ3n) is 3.29. The number of hydrogen-bond donors (Lipinski definition) is 2. The third-order valence-corrected chi connectivity index (χ3v) is 3.29. The summed E-state index contributed by atoms with van der Waals surface area (Å²) in [5.41, 5.74) is 0.703. The monoisotopic (exact) mass is 364 g/mol. The molecule has 0 aliphatic carbocycles. The number of carboxylic acid groups (broad SMARTS) is 1. The molecule has 2 heterocycles. The summed E-state index contributed by atoms with van der Waals surface area (Å²) in [5, 5.41) is 14.1. The van der Waals surface area contributed by atoms with Crippen LogP contribution in [0.1, 0.15) is 57.7 Å². The molecule has 0 atom stereocenters. The number of rotatable bonds is 4. The molecule has 2 rings (SSSR count). The molecular weight excluding hydrogens is 336 g/mol. The van der Waals surface area contributed by atoms with Crippen molar-refractivity contribution in [2.45, 2.75) is 48.5 Å². The van der Waals surface area contributed by atoms with Gasteiger partial charge < -0.3 is 14.8 Å². The van der Waals surface area contributed by atoms with Crippen molar-refractivity contribution in [2.24, 2.45) is 0 Å². The standard InChI is InChI=1S/C14H16N4O4.2C2H6/c1-7(18-6-16-9(3)17-18)12-11(8(2)22-4)10(5-15-12)13(19)14(20)21;2*1-2/h5-6,15H,1-4H3,(H,20,21);2*1-2H3/b11-8+,12-7-;;. The maximum atomic E-state index is 11.8. The number of aliphatic carboxylic acids is 1. The normalized spacial score (nSPS) is 12.0. The number of ketones is 1. The van der Waals surface area contributed by atoms with Gasteiger partial charge in [-0.2, -0.15) is 5.10 Å². The molecule has 2 aromatic heterocycles. The topological polar surface area (TPSA) is 110 Å². The zero-order chi connectivity index (χ0) is 20.4. The zero-order valence-electron chi connectivity index (χ0n) is 16.7. The fourth-order valence-corrected chi connectivity index (χ4v) is 2.09. The Hall–Kier alpha value is -2.90. The largest absolute Gasteiger partial charge is 0.501 e. The quantitative estimate of drug-likeness (QED) is 0.631. The van der Waals surface area contributed by atoms with Crippen molar-refractivity contribution in [3.63, 3.8) is 0 Å². The average molecular weight is 364 g/mol. The molecule has 0 aromatic carbocycles. The molecule has 144 valence electrons. The van der Waals surface area contributed by atoms with Gasteiger partial charge >= 0.3 is 5.97 Å². The second-order valence-electron chi connectivity index (χ2n) is 4.67. The van der Waals surface area contributed by atoms with Crippen LogP contribution in [-0.2, 0) is 9.53 Å². The summed E-state index contributed by atoms with van der Waals surface area (Å²) in [4.78, 5) is 29.8. The molecular formula is C18H28N4O4. The van der Waals surface area contributed by atoms with E-state index < -0.39 is 11.8 Å². The molecule has 8 heteroatoms. The van der Waals surface area contributed by atoms with Crippen molar-refractivity contribution < 1.29 is 19.4 Å². The molecule has 0 bridgehead atoms. The van der Waals surface area contributed by atoms with Crippen LogP contribution in [0, 0.1) is 6.92 Å². The molecule has 2 N–H and O–H groups in total. The highest BCUT2D eigenvalue weighted by Gasteiger charge is 2.19. The number of aromatic nitrogens is 4. The van der Waals surface area contributed by atoms with Crippen molar-refractivity contribution in [2.75, 3.05) is 7.11 Å². The molecule has 0 fully saturated rings. The number of carbonyl (C=O) groups is 2. The number of carbonyl (C=O) groups excluding carboxylic acids is 1. The average Bonchev–Trinajstić information content (AvgIpc) is 3.29. The highest BCUT2D eigenvalue weighted by atomic mass is 16.5. The minimum Gasteiger partial charge on any atom is -0.501 e. The molecule has 0 amide bonds. The maximum Gasteiger partial charge on any atom is 0.377 e. The van der Waals surface area contributed by atoms with Gasteiger partial charge in [-0.3, -0.25) is 4.79 Å². The van der Waals surface area contributed by atoms with Crippen molar-refractivity contribution in [3.05, 3.63) is 34.5 Å². The Kier molecular flexibility index (Phi) is 9.65. The first kappa shape index (κ1) is 23.1. The summed E-state index contributed by atoms with van der Waals surface area (Å²) in [6.07, 6.45) is 2.90. The third kappa shape index (κ3) is 5.05. The first-order chi connectivity index (χ1) is 12.4. The van der Waals surface area contributed by atoms with Gasteiger partial charge in [0.15, 0.2) is 0 Å². The molecule has 0 unspecified atom stereocenters. The highest BCUT2D eigenvalue weighted by Crippen LogP contribution is 1.99. The lowest BCUT2D eigenvalue weighted by Crippen LogP contribution is -2.34. The Morgan fingerprint density at radius 1 is 1.19 bits per heavy atom. The van der Waals surface area contributed by atoms with E-state index in [0.717, 1.165) is 0 Å². The van der Waals surface area contributed by atoms with Crippen LogP contribution in [0.25, 0.3) is 11.5 Å². The fourth-order valence-electron chi connectivity index (χ4n) is 2.09. The van der Waals surface area contributed by atoms with Crippen molar-refractivity contribution in [1.82, 2.24) is 19.7 Å². The fraction of sp³-hybridized carbons (Fsp3) is 0.444. The van der Waals surface area contributed by atoms with E-state index in [1.807, 2.05) is 27.7 Å². The van der Waals surface area contributed by atoms with Crippen LogP contribution in [0.15, 0.2) is 12.5 Å². The molecule has 26 heavy (non-hydrogen) atoms. The smallest absolute Gasteiger partial charge is 0.377 e. The van der Waals surface area contributed by atoms with Crippen LogP contribution in [0.2, 0.25) is 0 Å². The first-order valence-corrected chi connectivity index (χ1v) is 8.46. The molecule has 0 saturated heterocycles. The van der Waals surface area contributed by atoms with Gasteiger partial charge in [-0.15, -0.1) is 0 Å². The van der Waals surface area contributed by atoms with Crippen LogP contribution in [0.5, 0.6) is 0 Å². The second-order valence-corrected chi connectivity index (χ2v) is 4.67. The predicted octanol–water partition coefficient (Wildman–Crippen LogP) is 1.69. The summed E-state index contributed by atoms with van der Waals surface area (Å²) in [6.45, 7) is 13.2. The van der Waals surface area contributed by atoms with E-state index in [1.165, 1.54) is 19.6 Å². The van der Waals surface area contributed by atoms with E-state index in [2.05, 4.69) is 15.1 Å². The summed E-state index contributed by atoms with van der Waals surface area (Å²) in [7, 11) is 1.45. The van der Waals surface area contributed by atoms with Crippen LogP contribution >= 0.6 is 0 Å². The van der Waals surface area contributed by atoms with Crippen LogP contribution in [0.4, 0.5) is 0 Å². The maximum absolute atomic E-state index is 11.8. The number of nitrogens with zero attached hydrogens (tertiary/aromatic N) is 3. The Bertz CT molecular complexity index is 862. The van der Waals surface area contributed by atoms with E-state index in [4.69, 9.17) is 9.84 Å². The molecule has 0 aliphatic heterocycles. The number of aromatic amines is 1. The van der Waals surface area contributed by atoms with Gasteiger partial charge in [0.25, 0.3) is 5.78 Å². The minimum atomic E-state index is -1.52. The van der Waals surface area contributed by atoms with E-state index in [9.17, 15) is 9.59 Å². The lowest BCUT2D eigenvalue weighted by atomic mass is 10.1. The van der Waals surface area contributed by atoms with Gasteiger partial charge in [-0.05, 0) is 20.8 Å². The molecule has 0 saturated carbocycles. The summed E-state index contributed by atoms with van der Waals surface area (Å²) in [5.74, 6) is -1.50. The van der Waals surface area contributed by atoms with Gasteiger partial charge in [-0.1, -0.05) is 27.7 Å². The highest BCUT2D eigenvalue weighted by molar-refractivity contribution is 6.39. The lowest BCUT2D eigenvalue weighted by Gasteiger charge is -2.02. The minimum absolute atomic E-state index is 0.0398.